The highest BCUT2D eigenvalue weighted by Gasteiger charge is 2.23. The van der Waals surface area contributed by atoms with E-state index >= 15 is 0 Å². The van der Waals surface area contributed by atoms with Gasteiger partial charge in [-0.3, -0.25) is 13.8 Å². The number of nitrogens with one attached hydrogen (secondary N) is 2. The second kappa shape index (κ2) is 11.0. The van der Waals surface area contributed by atoms with Gasteiger partial charge in [-0.05, 0) is 66.9 Å². The summed E-state index contributed by atoms with van der Waals surface area (Å²) >= 11 is 0. The Bertz CT molecular complexity index is 1450. The normalized spacial score (nSPS) is 11.6. The molecule has 0 aliphatic rings. The summed E-state index contributed by atoms with van der Waals surface area (Å²) in [5.41, 5.74) is 2.73. The highest BCUT2D eigenvalue weighted by Crippen LogP contribution is 2.28. The van der Waals surface area contributed by atoms with Gasteiger partial charge in [-0.1, -0.05) is 31.2 Å². The first-order valence-corrected chi connectivity index (χ1v) is 14.4. The number of benzene rings is 3. The molecule has 192 valence electrons. The highest BCUT2D eigenvalue weighted by molar-refractivity contribution is 7.92. The maximum absolute atomic E-state index is 12.9. The van der Waals surface area contributed by atoms with Crippen LogP contribution in [0.5, 0.6) is 5.75 Å². The van der Waals surface area contributed by atoms with Crippen molar-refractivity contribution in [2.24, 2.45) is 0 Å². The molecule has 0 aliphatic heterocycles. The summed E-state index contributed by atoms with van der Waals surface area (Å²) in [6.07, 6.45) is 1.64. The molecule has 0 heterocycles. The molecule has 11 heteroatoms. The molecule has 36 heavy (non-hydrogen) atoms. The zero-order valence-corrected chi connectivity index (χ0v) is 22.1. The maximum Gasteiger partial charge on any atom is 0.262 e. The molecular formula is C25H29N3O6S2. The summed E-state index contributed by atoms with van der Waals surface area (Å²) in [7, 11) is -6.20. The minimum Gasteiger partial charge on any atom is -0.495 e. The van der Waals surface area contributed by atoms with Crippen LogP contribution in [0.4, 0.5) is 17.1 Å². The first-order chi connectivity index (χ1) is 16.9. The van der Waals surface area contributed by atoms with Gasteiger partial charge < -0.3 is 10.1 Å². The lowest BCUT2D eigenvalue weighted by molar-refractivity contribution is -0.114. The SMILES string of the molecule is CCc1ccccc1N(CC(=O)Nc1ccc(S(=O)(=O)Nc2cc(C)ccc2OC)cc1)S(C)(=O)=O. The molecule has 3 aromatic rings. The van der Waals surface area contributed by atoms with Gasteiger partial charge in [-0.25, -0.2) is 16.8 Å². The van der Waals surface area contributed by atoms with E-state index in [0.29, 0.717) is 29.2 Å². The van der Waals surface area contributed by atoms with Crippen molar-refractivity contribution in [2.75, 3.05) is 34.3 Å². The van der Waals surface area contributed by atoms with Crippen LogP contribution in [0.2, 0.25) is 0 Å². The molecule has 0 radical (unpaired) electrons. The quantitative estimate of drug-likeness (QED) is 0.411. The molecule has 0 saturated carbocycles. The number of hydrogen-bond donors (Lipinski definition) is 2. The highest BCUT2D eigenvalue weighted by atomic mass is 32.2. The summed E-state index contributed by atoms with van der Waals surface area (Å²) in [6.45, 7) is 3.31. The number of carbonyl (C=O) groups is 1. The van der Waals surface area contributed by atoms with Crippen LogP contribution in [0, 0.1) is 6.92 Å². The van der Waals surface area contributed by atoms with Crippen molar-refractivity contribution in [2.45, 2.75) is 25.2 Å². The van der Waals surface area contributed by atoms with E-state index in [-0.39, 0.29) is 4.90 Å². The zero-order valence-electron chi connectivity index (χ0n) is 20.5. The number of para-hydroxylation sites is 1. The van der Waals surface area contributed by atoms with E-state index in [4.69, 9.17) is 4.74 Å². The lowest BCUT2D eigenvalue weighted by Gasteiger charge is -2.24. The Kier molecular flexibility index (Phi) is 8.26. The fourth-order valence-electron chi connectivity index (χ4n) is 3.59. The number of carbonyl (C=O) groups excluding carboxylic acids is 1. The number of aryl methyl sites for hydroxylation is 2. The van der Waals surface area contributed by atoms with Crippen molar-refractivity contribution >= 4 is 43.0 Å². The number of anilines is 3. The van der Waals surface area contributed by atoms with Crippen molar-refractivity contribution in [3.05, 3.63) is 77.9 Å². The third kappa shape index (κ3) is 6.55. The molecule has 0 unspecified atom stereocenters. The predicted molar refractivity (Wildman–Crippen MR) is 142 cm³/mol. The van der Waals surface area contributed by atoms with E-state index in [0.717, 1.165) is 21.7 Å². The molecule has 9 nitrogen and oxygen atoms in total. The average Bonchev–Trinajstić information content (AvgIpc) is 2.82. The van der Waals surface area contributed by atoms with Crippen LogP contribution in [0.15, 0.2) is 71.6 Å². The monoisotopic (exact) mass is 531 g/mol. The largest absolute Gasteiger partial charge is 0.495 e. The number of rotatable bonds is 10. The predicted octanol–water partition coefficient (Wildman–Crippen LogP) is 3.77. The number of nitrogens with zero attached hydrogens (tertiary/aromatic N) is 1. The van der Waals surface area contributed by atoms with Crippen molar-refractivity contribution < 1.29 is 26.4 Å². The van der Waals surface area contributed by atoms with E-state index in [9.17, 15) is 21.6 Å². The van der Waals surface area contributed by atoms with Gasteiger partial charge in [-0.2, -0.15) is 0 Å². The van der Waals surface area contributed by atoms with E-state index in [1.165, 1.54) is 31.4 Å². The summed E-state index contributed by atoms with van der Waals surface area (Å²) < 4.78 is 59.4. The number of ether oxygens (including phenoxy) is 1. The second-order valence-electron chi connectivity index (χ2n) is 8.13. The van der Waals surface area contributed by atoms with Crippen LogP contribution >= 0.6 is 0 Å². The summed E-state index contributed by atoms with van der Waals surface area (Å²) in [4.78, 5) is 12.7. The zero-order chi connectivity index (χ0) is 26.5. The number of amides is 1. The minimum atomic E-state index is -3.92. The van der Waals surface area contributed by atoms with Crippen molar-refractivity contribution in [1.29, 1.82) is 0 Å². The van der Waals surface area contributed by atoms with Gasteiger partial charge in [0.1, 0.15) is 12.3 Å². The summed E-state index contributed by atoms with van der Waals surface area (Å²) in [5.74, 6) is -0.183. The van der Waals surface area contributed by atoms with Gasteiger partial charge in [0.15, 0.2) is 0 Å². The van der Waals surface area contributed by atoms with E-state index in [2.05, 4.69) is 10.0 Å². The fraction of sp³-hybridized carbons (Fsp3) is 0.240. The van der Waals surface area contributed by atoms with Gasteiger partial charge >= 0.3 is 0 Å². The van der Waals surface area contributed by atoms with Crippen LogP contribution in [0.25, 0.3) is 0 Å². The average molecular weight is 532 g/mol. The lowest BCUT2D eigenvalue weighted by Crippen LogP contribution is -2.38. The van der Waals surface area contributed by atoms with Gasteiger partial charge in [-0.15, -0.1) is 0 Å². The molecule has 0 fully saturated rings. The third-order valence-corrected chi connectivity index (χ3v) is 7.88. The smallest absolute Gasteiger partial charge is 0.262 e. The molecule has 2 N–H and O–H groups in total. The first kappa shape index (κ1) is 27.0. The molecule has 0 saturated heterocycles. The Balaban J connectivity index is 1.76. The van der Waals surface area contributed by atoms with Gasteiger partial charge in [0.25, 0.3) is 10.0 Å². The standard InChI is InChI=1S/C25H29N3O6S2/c1-5-19-8-6-7-9-23(19)28(35(4,30)31)17-25(29)26-20-11-13-21(14-12-20)36(32,33)27-22-16-18(2)10-15-24(22)34-3/h6-16,27H,5,17H2,1-4H3,(H,26,29). The molecule has 0 aromatic heterocycles. The van der Waals surface area contributed by atoms with Crippen molar-refractivity contribution in [3.63, 3.8) is 0 Å². The number of hydrogen-bond acceptors (Lipinski definition) is 6. The fourth-order valence-corrected chi connectivity index (χ4v) is 5.54. The topological polar surface area (TPSA) is 122 Å². The van der Waals surface area contributed by atoms with Crippen molar-refractivity contribution in [3.8, 4) is 5.75 Å². The number of sulfonamides is 2. The molecule has 0 atom stereocenters. The summed E-state index contributed by atoms with van der Waals surface area (Å²) in [6, 6.07) is 17.7. The summed E-state index contributed by atoms with van der Waals surface area (Å²) in [5, 5.41) is 2.63. The first-order valence-electron chi connectivity index (χ1n) is 11.1. The van der Waals surface area contributed by atoms with E-state index in [1.807, 2.05) is 26.0 Å². The maximum atomic E-state index is 12.9. The molecule has 3 aromatic carbocycles. The lowest BCUT2D eigenvalue weighted by atomic mass is 10.1. The van der Waals surface area contributed by atoms with E-state index < -0.39 is 32.5 Å². The van der Waals surface area contributed by atoms with Crippen LogP contribution in [0.1, 0.15) is 18.1 Å². The minimum absolute atomic E-state index is 0.0151. The molecule has 0 aliphatic carbocycles. The molecule has 0 bridgehead atoms. The number of methoxy groups -OCH3 is 1. The molecule has 3 rings (SSSR count). The second-order valence-corrected chi connectivity index (χ2v) is 11.7. The Morgan fingerprint density at radius 3 is 2.25 bits per heavy atom. The Hall–Kier alpha value is -3.57. The molecule has 0 spiro atoms. The molecule has 1 amide bonds. The van der Waals surface area contributed by atoms with E-state index in [1.54, 1.807) is 30.3 Å². The van der Waals surface area contributed by atoms with Crippen molar-refractivity contribution in [1.82, 2.24) is 0 Å². The molecular weight excluding hydrogens is 502 g/mol. The Labute approximate surface area is 212 Å². The third-order valence-electron chi connectivity index (χ3n) is 5.38. The van der Waals surface area contributed by atoms with Crippen LogP contribution in [-0.2, 0) is 31.3 Å². The Morgan fingerprint density at radius 2 is 1.64 bits per heavy atom. The van der Waals surface area contributed by atoms with Gasteiger partial charge in [0.05, 0.1) is 29.6 Å². The van der Waals surface area contributed by atoms with Gasteiger partial charge in [0, 0.05) is 5.69 Å². The van der Waals surface area contributed by atoms with Crippen LogP contribution in [-0.4, -0.2) is 42.7 Å². The van der Waals surface area contributed by atoms with Crippen LogP contribution in [0.3, 0.4) is 0 Å². The van der Waals surface area contributed by atoms with Crippen LogP contribution < -0.4 is 19.1 Å². The van der Waals surface area contributed by atoms with Gasteiger partial charge in [0.2, 0.25) is 15.9 Å². The Morgan fingerprint density at radius 1 is 0.972 bits per heavy atom.